The van der Waals surface area contributed by atoms with Crippen molar-refractivity contribution in [2.45, 2.75) is 22.8 Å². The van der Waals surface area contributed by atoms with E-state index in [1.54, 1.807) is 41.1 Å². The molecule has 30 heavy (non-hydrogen) atoms. The zero-order valence-corrected chi connectivity index (χ0v) is 18.0. The van der Waals surface area contributed by atoms with Crippen LogP contribution in [0.1, 0.15) is 5.56 Å². The minimum Gasteiger partial charge on any atom is -0.346 e. The van der Waals surface area contributed by atoms with Crippen LogP contribution in [-0.4, -0.2) is 17.9 Å². The van der Waals surface area contributed by atoms with Crippen LogP contribution in [0, 0.1) is 10.1 Å². The van der Waals surface area contributed by atoms with E-state index in [4.69, 9.17) is 0 Å². The number of halogens is 1. The fourth-order valence-electron chi connectivity index (χ4n) is 4.09. The molecule has 0 bridgehead atoms. The number of hydrogen-bond donors (Lipinski definition) is 0. The molecular formula is C22H15BrN2O4S. The molecule has 0 aliphatic carbocycles. The molecule has 0 saturated heterocycles. The van der Waals surface area contributed by atoms with E-state index in [2.05, 4.69) is 15.9 Å². The molecule has 0 spiro atoms. The summed E-state index contributed by atoms with van der Waals surface area (Å²) in [5.41, 5.74) is 1.40. The van der Waals surface area contributed by atoms with Gasteiger partial charge in [0.2, 0.25) is 9.84 Å². The Labute approximate surface area is 181 Å². The van der Waals surface area contributed by atoms with Crippen molar-refractivity contribution in [3.05, 3.63) is 87.0 Å². The summed E-state index contributed by atoms with van der Waals surface area (Å²) in [6.45, 7) is 0.551. The molecular weight excluding hydrogens is 468 g/mol. The summed E-state index contributed by atoms with van der Waals surface area (Å²) in [7, 11) is -3.89. The van der Waals surface area contributed by atoms with Gasteiger partial charge >= 0.3 is 0 Å². The molecule has 8 heteroatoms. The number of benzene rings is 3. The first-order chi connectivity index (χ1) is 14.4. The van der Waals surface area contributed by atoms with Crippen molar-refractivity contribution in [1.29, 1.82) is 0 Å². The molecule has 1 aliphatic heterocycles. The number of nitro groups is 1. The summed E-state index contributed by atoms with van der Waals surface area (Å²) in [6.07, 6.45) is 2.27. The van der Waals surface area contributed by atoms with Gasteiger partial charge in [-0.2, -0.15) is 0 Å². The molecule has 0 atom stereocenters. The molecule has 2 heterocycles. The molecule has 4 aromatic rings. The van der Waals surface area contributed by atoms with Crippen LogP contribution in [0.2, 0.25) is 0 Å². The van der Waals surface area contributed by atoms with Crippen molar-refractivity contribution >= 4 is 42.2 Å². The lowest BCUT2D eigenvalue weighted by Gasteiger charge is -2.22. The molecule has 1 aromatic heterocycles. The van der Waals surface area contributed by atoms with Crippen LogP contribution >= 0.6 is 15.9 Å². The van der Waals surface area contributed by atoms with Gasteiger partial charge in [-0.05, 0) is 47.0 Å². The molecule has 0 saturated carbocycles. The Morgan fingerprint density at radius 1 is 1.00 bits per heavy atom. The van der Waals surface area contributed by atoms with E-state index in [9.17, 15) is 18.5 Å². The minimum atomic E-state index is -3.89. The normalized spacial score (nSPS) is 13.1. The van der Waals surface area contributed by atoms with Crippen LogP contribution in [0.3, 0.4) is 0 Å². The third kappa shape index (κ3) is 2.79. The number of nitrogens with zero attached hydrogens (tertiary/aromatic N) is 2. The minimum absolute atomic E-state index is 0.0833. The SMILES string of the molecule is O=[N+]([O-])c1ccc(Br)c2c1-c1c(S(=O)(=O)c3ccc4ccccc4c3)ccn1CC2. The molecule has 0 amide bonds. The van der Waals surface area contributed by atoms with E-state index in [0.717, 1.165) is 20.8 Å². The Hall–Kier alpha value is -2.97. The average Bonchev–Trinajstić information content (AvgIpc) is 3.19. The van der Waals surface area contributed by atoms with Crippen molar-refractivity contribution in [2.24, 2.45) is 0 Å². The summed E-state index contributed by atoms with van der Waals surface area (Å²) >= 11 is 3.47. The van der Waals surface area contributed by atoms with E-state index in [0.29, 0.717) is 24.2 Å². The maximum atomic E-state index is 13.6. The van der Waals surface area contributed by atoms with Crippen LogP contribution in [-0.2, 0) is 22.8 Å². The largest absolute Gasteiger partial charge is 0.346 e. The van der Waals surface area contributed by atoms with Crippen LogP contribution < -0.4 is 0 Å². The van der Waals surface area contributed by atoms with Gasteiger partial charge in [0, 0.05) is 23.3 Å². The maximum absolute atomic E-state index is 13.6. The summed E-state index contributed by atoms with van der Waals surface area (Å²) in [4.78, 5) is 11.5. The molecule has 1 aliphatic rings. The van der Waals surface area contributed by atoms with E-state index in [1.165, 1.54) is 6.07 Å². The number of fused-ring (bicyclic) bond motifs is 4. The average molecular weight is 483 g/mol. The summed E-state index contributed by atoms with van der Waals surface area (Å²) in [5, 5.41) is 13.5. The van der Waals surface area contributed by atoms with E-state index in [-0.39, 0.29) is 15.5 Å². The van der Waals surface area contributed by atoms with Gasteiger partial charge in [0.15, 0.2) is 0 Å². The van der Waals surface area contributed by atoms with E-state index in [1.807, 2.05) is 24.3 Å². The highest BCUT2D eigenvalue weighted by atomic mass is 79.9. The third-order valence-corrected chi connectivity index (χ3v) is 8.04. The molecule has 0 unspecified atom stereocenters. The fourth-order valence-corrected chi connectivity index (χ4v) is 6.11. The number of aryl methyl sites for hydroxylation is 1. The van der Waals surface area contributed by atoms with Crippen molar-refractivity contribution in [3.63, 3.8) is 0 Å². The maximum Gasteiger partial charge on any atom is 0.279 e. The van der Waals surface area contributed by atoms with Crippen LogP contribution in [0.4, 0.5) is 5.69 Å². The van der Waals surface area contributed by atoms with Gasteiger partial charge in [-0.15, -0.1) is 0 Å². The molecule has 0 radical (unpaired) electrons. The lowest BCUT2D eigenvalue weighted by molar-refractivity contribution is -0.384. The highest BCUT2D eigenvalue weighted by molar-refractivity contribution is 9.10. The molecule has 0 N–H and O–H groups in total. The number of hydrogen-bond acceptors (Lipinski definition) is 4. The van der Waals surface area contributed by atoms with Crippen molar-refractivity contribution < 1.29 is 13.3 Å². The predicted octanol–water partition coefficient (Wildman–Crippen LogP) is 5.37. The lowest BCUT2D eigenvalue weighted by Crippen LogP contribution is -2.14. The van der Waals surface area contributed by atoms with Gasteiger partial charge in [-0.3, -0.25) is 10.1 Å². The van der Waals surface area contributed by atoms with Gasteiger partial charge < -0.3 is 4.57 Å². The van der Waals surface area contributed by atoms with E-state index >= 15 is 0 Å². The second-order valence-electron chi connectivity index (χ2n) is 7.16. The molecule has 150 valence electrons. The highest BCUT2D eigenvalue weighted by Crippen LogP contribution is 2.44. The second-order valence-corrected chi connectivity index (χ2v) is 9.93. The van der Waals surface area contributed by atoms with E-state index < -0.39 is 14.8 Å². The standard InChI is InChI=1S/C22H15BrN2O4S/c23-18-7-8-19(25(26)27)21-17(18)9-11-24-12-10-20(22(21)24)30(28,29)16-6-5-14-3-1-2-4-15(14)13-16/h1-8,10,12-13H,9,11H2. The summed E-state index contributed by atoms with van der Waals surface area (Å²) in [5.74, 6) is 0. The van der Waals surface area contributed by atoms with Gasteiger partial charge in [0.05, 0.1) is 26.0 Å². The zero-order chi connectivity index (χ0) is 21.0. The number of sulfone groups is 1. The van der Waals surface area contributed by atoms with Crippen LogP contribution in [0.5, 0.6) is 0 Å². The molecule has 5 rings (SSSR count). The fraction of sp³-hybridized carbons (Fsp3) is 0.0909. The summed E-state index contributed by atoms with van der Waals surface area (Å²) < 4.78 is 29.7. The monoisotopic (exact) mass is 482 g/mol. The Morgan fingerprint density at radius 3 is 2.53 bits per heavy atom. The first-order valence-electron chi connectivity index (χ1n) is 9.27. The second kappa shape index (κ2) is 6.78. The Kier molecular flexibility index (Phi) is 4.30. The van der Waals surface area contributed by atoms with Crippen LogP contribution in [0.25, 0.3) is 22.0 Å². The highest BCUT2D eigenvalue weighted by Gasteiger charge is 2.33. The van der Waals surface area contributed by atoms with Crippen LogP contribution in [0.15, 0.2) is 81.1 Å². The van der Waals surface area contributed by atoms with Gasteiger partial charge in [-0.25, -0.2) is 8.42 Å². The lowest BCUT2D eigenvalue weighted by atomic mass is 9.97. The Bertz CT molecular complexity index is 1460. The van der Waals surface area contributed by atoms with Gasteiger partial charge in [0.1, 0.15) is 0 Å². The topological polar surface area (TPSA) is 82.2 Å². The number of rotatable bonds is 3. The summed E-state index contributed by atoms with van der Waals surface area (Å²) in [6, 6.07) is 17.1. The molecule has 3 aromatic carbocycles. The van der Waals surface area contributed by atoms with Crippen molar-refractivity contribution in [1.82, 2.24) is 4.57 Å². The smallest absolute Gasteiger partial charge is 0.279 e. The predicted molar refractivity (Wildman–Crippen MR) is 117 cm³/mol. The van der Waals surface area contributed by atoms with Crippen molar-refractivity contribution in [3.8, 4) is 11.3 Å². The number of aromatic nitrogens is 1. The number of nitro benzene ring substituents is 1. The zero-order valence-electron chi connectivity index (χ0n) is 15.6. The first kappa shape index (κ1) is 19.0. The molecule has 0 fully saturated rings. The first-order valence-corrected chi connectivity index (χ1v) is 11.5. The quantitative estimate of drug-likeness (QED) is 0.290. The third-order valence-electron chi connectivity index (χ3n) is 5.52. The van der Waals surface area contributed by atoms with Gasteiger partial charge in [-0.1, -0.05) is 46.3 Å². The van der Waals surface area contributed by atoms with Crippen molar-refractivity contribution in [2.75, 3.05) is 0 Å². The molecule has 6 nitrogen and oxygen atoms in total. The Morgan fingerprint density at radius 2 is 1.77 bits per heavy atom. The Balaban J connectivity index is 1.77. The van der Waals surface area contributed by atoms with Gasteiger partial charge in [0.25, 0.3) is 5.69 Å².